The Morgan fingerprint density at radius 3 is 2.70 bits per heavy atom. The molecule has 0 aliphatic carbocycles. The summed E-state index contributed by atoms with van der Waals surface area (Å²) in [6.45, 7) is 0.510. The van der Waals surface area contributed by atoms with Crippen LogP contribution in [0.1, 0.15) is 11.1 Å². The lowest BCUT2D eigenvalue weighted by molar-refractivity contribution is -0.122. The number of carbonyl (C=O) groups is 2. The van der Waals surface area contributed by atoms with Crippen LogP contribution < -0.4 is 24.4 Å². The number of thiocarbonyl (C=S) groups is 1. The molecule has 2 aliphatic rings. The van der Waals surface area contributed by atoms with Crippen molar-refractivity contribution in [2.24, 2.45) is 0 Å². The van der Waals surface area contributed by atoms with Gasteiger partial charge in [-0.15, -0.1) is 0 Å². The number of nitrogens with one attached hydrogen (secondary N) is 1. The van der Waals surface area contributed by atoms with Gasteiger partial charge in [0.05, 0.1) is 23.8 Å². The first-order valence-corrected chi connectivity index (χ1v) is 13.6. The van der Waals surface area contributed by atoms with E-state index in [1.54, 1.807) is 30.3 Å². The predicted molar refractivity (Wildman–Crippen MR) is 156 cm³/mol. The van der Waals surface area contributed by atoms with Crippen LogP contribution in [0.5, 0.6) is 17.2 Å². The van der Waals surface area contributed by atoms with Crippen molar-refractivity contribution in [1.29, 1.82) is 0 Å². The molecular formula is C25H14BrCl2IN2O5S. The number of halogens is 4. The molecule has 37 heavy (non-hydrogen) atoms. The van der Waals surface area contributed by atoms with Crippen molar-refractivity contribution in [3.8, 4) is 17.2 Å². The summed E-state index contributed by atoms with van der Waals surface area (Å²) in [5.74, 6) is 0.772. The second kappa shape index (κ2) is 10.8. The summed E-state index contributed by atoms with van der Waals surface area (Å²) in [5.41, 5.74) is 1.69. The van der Waals surface area contributed by atoms with E-state index >= 15 is 0 Å². The first kappa shape index (κ1) is 26.2. The van der Waals surface area contributed by atoms with Gasteiger partial charge in [-0.3, -0.25) is 19.8 Å². The Hall–Kier alpha value is -2.38. The van der Waals surface area contributed by atoms with E-state index in [1.165, 1.54) is 6.08 Å². The molecule has 188 valence electrons. The van der Waals surface area contributed by atoms with Gasteiger partial charge in [0.25, 0.3) is 11.8 Å². The normalized spacial score (nSPS) is 15.8. The lowest BCUT2D eigenvalue weighted by Gasteiger charge is -2.29. The van der Waals surface area contributed by atoms with Crippen molar-refractivity contribution >= 4 is 103 Å². The van der Waals surface area contributed by atoms with E-state index in [0.717, 1.165) is 14.0 Å². The van der Waals surface area contributed by atoms with Gasteiger partial charge in [0.15, 0.2) is 16.6 Å². The van der Waals surface area contributed by atoms with Gasteiger partial charge in [0.1, 0.15) is 17.9 Å². The summed E-state index contributed by atoms with van der Waals surface area (Å²) in [5, 5.41) is 2.86. The van der Waals surface area contributed by atoms with Crippen LogP contribution in [0.15, 0.2) is 58.6 Å². The van der Waals surface area contributed by atoms with Gasteiger partial charge in [-0.1, -0.05) is 35.3 Å². The fourth-order valence-corrected chi connectivity index (χ4v) is 6.12. The summed E-state index contributed by atoms with van der Waals surface area (Å²) in [7, 11) is 0. The summed E-state index contributed by atoms with van der Waals surface area (Å²) >= 11 is 23.3. The minimum Gasteiger partial charge on any atom is -0.487 e. The molecule has 0 unspecified atom stereocenters. The third-order valence-corrected chi connectivity index (χ3v) is 7.91. The molecule has 3 aromatic rings. The van der Waals surface area contributed by atoms with E-state index in [4.69, 9.17) is 49.6 Å². The Labute approximate surface area is 248 Å². The number of carbonyl (C=O) groups excluding carboxylic acids is 2. The Balaban J connectivity index is 1.40. The molecule has 0 bridgehead atoms. The second-order valence-electron chi connectivity index (χ2n) is 7.82. The number of hydrogen-bond acceptors (Lipinski definition) is 6. The fourth-order valence-electron chi connectivity index (χ4n) is 3.69. The first-order valence-electron chi connectivity index (χ1n) is 10.6. The Morgan fingerprint density at radius 1 is 1.14 bits per heavy atom. The van der Waals surface area contributed by atoms with Crippen LogP contribution in [0.3, 0.4) is 0 Å². The maximum atomic E-state index is 13.3. The SMILES string of the molecule is O=C1NC(=S)N(c2cccc(Cl)c2Cl)C(=O)/C1=C/c1cc(Br)c(OCc2ccc3c(c2)OCO3)c(I)c1. The molecule has 0 saturated carbocycles. The van der Waals surface area contributed by atoms with Crippen molar-refractivity contribution in [2.45, 2.75) is 6.61 Å². The maximum Gasteiger partial charge on any atom is 0.270 e. The Kier molecular flexibility index (Phi) is 7.64. The van der Waals surface area contributed by atoms with Gasteiger partial charge in [0.2, 0.25) is 6.79 Å². The highest BCUT2D eigenvalue weighted by Gasteiger charge is 2.35. The monoisotopic (exact) mass is 730 g/mol. The lowest BCUT2D eigenvalue weighted by Crippen LogP contribution is -2.54. The number of nitrogens with zero attached hydrogens (tertiary/aromatic N) is 1. The number of amides is 2. The van der Waals surface area contributed by atoms with Gasteiger partial charge in [-0.2, -0.15) is 0 Å². The number of benzene rings is 3. The molecule has 12 heteroatoms. The van der Waals surface area contributed by atoms with Gasteiger partial charge < -0.3 is 14.2 Å². The molecule has 2 aliphatic heterocycles. The molecule has 2 amide bonds. The number of hydrogen-bond donors (Lipinski definition) is 1. The van der Waals surface area contributed by atoms with Crippen LogP contribution in [-0.4, -0.2) is 23.7 Å². The highest BCUT2D eigenvalue weighted by atomic mass is 127. The van der Waals surface area contributed by atoms with Crippen LogP contribution in [-0.2, 0) is 16.2 Å². The third-order valence-electron chi connectivity index (χ3n) is 5.43. The first-order chi connectivity index (χ1) is 17.7. The predicted octanol–water partition coefficient (Wildman–Crippen LogP) is 6.50. The summed E-state index contributed by atoms with van der Waals surface area (Å²) in [4.78, 5) is 27.2. The van der Waals surface area contributed by atoms with Crippen molar-refractivity contribution in [1.82, 2.24) is 5.32 Å². The Morgan fingerprint density at radius 2 is 1.92 bits per heavy atom. The molecule has 2 heterocycles. The standard InChI is InChI=1S/C25H14BrCl2IN2O5S/c26-15-7-13(8-17(29)22(15)34-10-12-4-5-19-20(9-12)36-11-35-19)6-14-23(32)30-25(37)31(24(14)33)18-3-1-2-16(27)21(18)28/h1-9H,10-11H2,(H,30,32,37)/b14-6+. The van der Waals surface area contributed by atoms with Crippen LogP contribution in [0.25, 0.3) is 6.08 Å². The molecule has 1 fully saturated rings. The highest BCUT2D eigenvalue weighted by Crippen LogP contribution is 2.37. The van der Waals surface area contributed by atoms with Crippen LogP contribution in [0.4, 0.5) is 5.69 Å². The van der Waals surface area contributed by atoms with E-state index < -0.39 is 11.8 Å². The van der Waals surface area contributed by atoms with Crippen LogP contribution in [0.2, 0.25) is 10.0 Å². The zero-order chi connectivity index (χ0) is 26.3. The minimum atomic E-state index is -0.618. The smallest absolute Gasteiger partial charge is 0.270 e. The molecule has 0 spiro atoms. The van der Waals surface area contributed by atoms with Crippen molar-refractivity contribution < 1.29 is 23.8 Å². The molecule has 0 atom stereocenters. The van der Waals surface area contributed by atoms with E-state index in [-0.39, 0.29) is 33.2 Å². The van der Waals surface area contributed by atoms with E-state index in [0.29, 0.717) is 33.9 Å². The van der Waals surface area contributed by atoms with Gasteiger partial charge in [0, 0.05) is 0 Å². The molecule has 0 aromatic heterocycles. The zero-order valence-electron chi connectivity index (χ0n) is 18.5. The quantitative estimate of drug-likeness (QED) is 0.140. The average molecular weight is 732 g/mol. The summed E-state index contributed by atoms with van der Waals surface area (Å²) < 4.78 is 18.2. The zero-order valence-corrected chi connectivity index (χ0v) is 24.6. The van der Waals surface area contributed by atoms with E-state index in [9.17, 15) is 9.59 Å². The second-order valence-corrected chi connectivity index (χ2v) is 11.0. The molecule has 1 N–H and O–H groups in total. The Bertz CT molecular complexity index is 1490. The fraction of sp³-hybridized carbons (Fsp3) is 0.0800. The average Bonchev–Trinajstić information content (AvgIpc) is 3.32. The third kappa shape index (κ3) is 5.30. The highest BCUT2D eigenvalue weighted by molar-refractivity contribution is 14.1. The van der Waals surface area contributed by atoms with Crippen molar-refractivity contribution in [3.05, 3.63) is 83.3 Å². The number of anilines is 1. The number of ether oxygens (including phenoxy) is 3. The number of fused-ring (bicyclic) bond motifs is 1. The number of rotatable bonds is 5. The molecular weight excluding hydrogens is 718 g/mol. The van der Waals surface area contributed by atoms with Crippen LogP contribution >= 0.6 is 73.9 Å². The van der Waals surface area contributed by atoms with Gasteiger partial charge in [-0.05, 0) is 104 Å². The molecule has 1 saturated heterocycles. The van der Waals surface area contributed by atoms with E-state index in [1.807, 2.05) is 18.2 Å². The minimum absolute atomic E-state index is 0.0839. The summed E-state index contributed by atoms with van der Waals surface area (Å²) in [6, 6.07) is 14.0. The maximum absolute atomic E-state index is 13.3. The summed E-state index contributed by atoms with van der Waals surface area (Å²) in [6.07, 6.45) is 1.49. The van der Waals surface area contributed by atoms with Crippen molar-refractivity contribution in [2.75, 3.05) is 11.7 Å². The van der Waals surface area contributed by atoms with Gasteiger partial charge >= 0.3 is 0 Å². The molecule has 3 aromatic carbocycles. The largest absolute Gasteiger partial charge is 0.487 e. The van der Waals surface area contributed by atoms with Gasteiger partial charge in [-0.25, -0.2) is 0 Å². The van der Waals surface area contributed by atoms with Crippen molar-refractivity contribution in [3.63, 3.8) is 0 Å². The van der Waals surface area contributed by atoms with Crippen LogP contribution in [0, 0.1) is 3.57 Å². The van der Waals surface area contributed by atoms with E-state index in [2.05, 4.69) is 43.8 Å². The topological polar surface area (TPSA) is 77.1 Å². The molecule has 5 rings (SSSR count). The molecule has 7 nitrogen and oxygen atoms in total. The lowest BCUT2D eigenvalue weighted by atomic mass is 10.1. The molecule has 0 radical (unpaired) electrons.